The summed E-state index contributed by atoms with van der Waals surface area (Å²) in [6.07, 6.45) is 1.47. The van der Waals surface area contributed by atoms with Crippen molar-refractivity contribution in [1.29, 1.82) is 0 Å². The fourth-order valence-corrected chi connectivity index (χ4v) is 1.93. The second-order valence-corrected chi connectivity index (χ2v) is 5.02. The molecule has 0 unspecified atom stereocenters. The number of nitrogens with one attached hydrogen (secondary N) is 1. The summed E-state index contributed by atoms with van der Waals surface area (Å²) in [6, 6.07) is 8.33. The maximum absolute atomic E-state index is 9.43. The molecule has 0 atom stereocenters. The van der Waals surface area contributed by atoms with Crippen LogP contribution in [-0.4, -0.2) is 16.4 Å². The lowest BCUT2D eigenvalue weighted by atomic mass is 10.2. The summed E-state index contributed by atoms with van der Waals surface area (Å²) in [6.45, 7) is 1.91. The van der Waals surface area contributed by atoms with E-state index in [-0.39, 0.29) is 16.5 Å². The predicted octanol–water partition coefficient (Wildman–Crippen LogP) is 4.16. The van der Waals surface area contributed by atoms with E-state index in [0.717, 1.165) is 11.3 Å². The third-order valence-electron chi connectivity index (χ3n) is 2.64. The van der Waals surface area contributed by atoms with Gasteiger partial charge in [0.05, 0.1) is 16.9 Å². The Morgan fingerprint density at radius 1 is 1.10 bits per heavy atom. The molecule has 0 aliphatic heterocycles. The molecule has 0 spiro atoms. The zero-order valence-electron chi connectivity index (χ0n) is 10.6. The maximum atomic E-state index is 9.43. The van der Waals surface area contributed by atoms with E-state index in [1.54, 1.807) is 6.07 Å². The SMILES string of the molecule is Cc1ccc(N/N=C/c2cc(O)c(O)c(Cl)c2)cc1Cl. The third-order valence-corrected chi connectivity index (χ3v) is 3.34. The molecule has 0 bridgehead atoms. The molecule has 0 radical (unpaired) electrons. The van der Waals surface area contributed by atoms with Crippen molar-refractivity contribution in [3.8, 4) is 11.5 Å². The molecule has 2 rings (SSSR count). The summed E-state index contributed by atoms with van der Waals surface area (Å²) in [5.41, 5.74) is 5.09. The smallest absolute Gasteiger partial charge is 0.176 e. The van der Waals surface area contributed by atoms with Gasteiger partial charge in [-0.1, -0.05) is 29.3 Å². The molecule has 0 fully saturated rings. The monoisotopic (exact) mass is 310 g/mol. The normalized spacial score (nSPS) is 10.9. The Morgan fingerprint density at radius 2 is 1.85 bits per heavy atom. The summed E-state index contributed by atoms with van der Waals surface area (Å²) in [5, 5.41) is 23.5. The number of hydrazone groups is 1. The number of halogens is 2. The molecule has 104 valence electrons. The first-order valence-corrected chi connectivity index (χ1v) is 6.49. The topological polar surface area (TPSA) is 64.9 Å². The number of phenolic OH excluding ortho intramolecular Hbond substituents is 2. The third kappa shape index (κ3) is 3.35. The van der Waals surface area contributed by atoms with Crippen LogP contribution in [0.5, 0.6) is 11.5 Å². The lowest BCUT2D eigenvalue weighted by Gasteiger charge is -2.04. The van der Waals surface area contributed by atoms with Crippen LogP contribution in [0.4, 0.5) is 5.69 Å². The van der Waals surface area contributed by atoms with Crippen LogP contribution in [0.25, 0.3) is 0 Å². The number of nitrogens with zero attached hydrogens (tertiary/aromatic N) is 1. The Balaban J connectivity index is 2.12. The zero-order chi connectivity index (χ0) is 14.7. The average molecular weight is 311 g/mol. The molecule has 4 nitrogen and oxygen atoms in total. The molecular formula is C14H12Cl2N2O2. The molecular weight excluding hydrogens is 299 g/mol. The molecule has 6 heteroatoms. The average Bonchev–Trinajstić information content (AvgIpc) is 2.40. The van der Waals surface area contributed by atoms with Crippen molar-refractivity contribution in [1.82, 2.24) is 0 Å². The minimum absolute atomic E-state index is 0.0600. The lowest BCUT2D eigenvalue weighted by molar-refractivity contribution is 0.404. The van der Waals surface area contributed by atoms with E-state index < -0.39 is 0 Å². The van der Waals surface area contributed by atoms with E-state index in [9.17, 15) is 10.2 Å². The van der Waals surface area contributed by atoms with Crippen molar-refractivity contribution in [2.75, 3.05) is 5.43 Å². The fourth-order valence-electron chi connectivity index (χ4n) is 1.52. The molecule has 0 saturated carbocycles. The van der Waals surface area contributed by atoms with Gasteiger partial charge in [0.25, 0.3) is 0 Å². The minimum atomic E-state index is -0.345. The van der Waals surface area contributed by atoms with Crippen molar-refractivity contribution >= 4 is 35.1 Å². The Bertz CT molecular complexity index is 649. The van der Waals surface area contributed by atoms with Crippen molar-refractivity contribution in [3.63, 3.8) is 0 Å². The van der Waals surface area contributed by atoms with E-state index in [0.29, 0.717) is 10.6 Å². The van der Waals surface area contributed by atoms with Gasteiger partial charge in [0.15, 0.2) is 11.5 Å². The Kier molecular flexibility index (Phi) is 4.37. The lowest BCUT2D eigenvalue weighted by Crippen LogP contribution is -1.91. The van der Waals surface area contributed by atoms with Crippen molar-refractivity contribution in [2.45, 2.75) is 6.92 Å². The van der Waals surface area contributed by atoms with Crippen LogP contribution in [0.15, 0.2) is 35.4 Å². The largest absolute Gasteiger partial charge is 0.504 e. The standard InChI is InChI=1S/C14H12Cl2N2O2/c1-8-2-3-10(6-11(8)15)18-17-7-9-4-12(16)14(20)13(19)5-9/h2-7,18-20H,1H3/b17-7+. The summed E-state index contributed by atoms with van der Waals surface area (Å²) in [7, 11) is 0. The number of hydrogen-bond donors (Lipinski definition) is 3. The molecule has 0 saturated heterocycles. The summed E-state index contributed by atoms with van der Waals surface area (Å²) in [4.78, 5) is 0. The van der Waals surface area contributed by atoms with Gasteiger partial charge in [-0.05, 0) is 42.3 Å². The molecule has 0 aliphatic carbocycles. The molecule has 0 aromatic heterocycles. The first-order chi connectivity index (χ1) is 9.47. The number of phenols is 2. The first-order valence-electron chi connectivity index (χ1n) is 5.74. The van der Waals surface area contributed by atoms with E-state index in [1.807, 2.05) is 19.1 Å². The maximum Gasteiger partial charge on any atom is 0.176 e. The van der Waals surface area contributed by atoms with E-state index in [1.165, 1.54) is 18.3 Å². The molecule has 20 heavy (non-hydrogen) atoms. The molecule has 0 amide bonds. The van der Waals surface area contributed by atoms with Gasteiger partial charge in [-0.15, -0.1) is 0 Å². The number of anilines is 1. The van der Waals surface area contributed by atoms with Gasteiger partial charge < -0.3 is 10.2 Å². The Hall–Kier alpha value is -1.91. The van der Waals surface area contributed by atoms with Gasteiger partial charge in [0.1, 0.15) is 0 Å². The minimum Gasteiger partial charge on any atom is -0.504 e. The van der Waals surface area contributed by atoms with E-state index >= 15 is 0 Å². The molecule has 2 aromatic carbocycles. The highest BCUT2D eigenvalue weighted by Crippen LogP contribution is 2.33. The number of benzene rings is 2. The van der Waals surface area contributed by atoms with Gasteiger partial charge in [-0.3, -0.25) is 5.43 Å². The van der Waals surface area contributed by atoms with Crippen LogP contribution in [0.3, 0.4) is 0 Å². The van der Waals surface area contributed by atoms with Crippen LogP contribution in [0, 0.1) is 6.92 Å². The first kappa shape index (κ1) is 14.5. The highest BCUT2D eigenvalue weighted by molar-refractivity contribution is 6.32. The van der Waals surface area contributed by atoms with Gasteiger partial charge in [0.2, 0.25) is 0 Å². The molecule has 0 heterocycles. The van der Waals surface area contributed by atoms with Crippen LogP contribution >= 0.6 is 23.2 Å². The molecule has 2 aromatic rings. The summed E-state index contributed by atoms with van der Waals surface area (Å²) >= 11 is 11.7. The van der Waals surface area contributed by atoms with Crippen molar-refractivity contribution < 1.29 is 10.2 Å². The summed E-state index contributed by atoms with van der Waals surface area (Å²) in [5.74, 6) is -0.639. The predicted molar refractivity (Wildman–Crippen MR) is 82.2 cm³/mol. The second-order valence-electron chi connectivity index (χ2n) is 4.20. The number of aromatic hydroxyl groups is 2. The van der Waals surface area contributed by atoms with Crippen molar-refractivity contribution in [2.24, 2.45) is 5.10 Å². The van der Waals surface area contributed by atoms with Crippen LogP contribution in [-0.2, 0) is 0 Å². The van der Waals surface area contributed by atoms with Crippen LogP contribution in [0.1, 0.15) is 11.1 Å². The number of aryl methyl sites for hydroxylation is 1. The zero-order valence-corrected chi connectivity index (χ0v) is 12.1. The van der Waals surface area contributed by atoms with Gasteiger partial charge in [-0.25, -0.2) is 0 Å². The quantitative estimate of drug-likeness (QED) is 0.453. The Morgan fingerprint density at radius 3 is 2.50 bits per heavy atom. The van der Waals surface area contributed by atoms with Gasteiger partial charge in [0, 0.05) is 5.02 Å². The molecule has 0 aliphatic rings. The van der Waals surface area contributed by atoms with Gasteiger partial charge in [-0.2, -0.15) is 5.10 Å². The Labute approximate surface area is 126 Å². The molecule has 3 N–H and O–H groups in total. The van der Waals surface area contributed by atoms with E-state index in [4.69, 9.17) is 23.2 Å². The number of hydrogen-bond acceptors (Lipinski definition) is 4. The second kappa shape index (κ2) is 6.03. The number of rotatable bonds is 3. The van der Waals surface area contributed by atoms with Gasteiger partial charge >= 0.3 is 0 Å². The van der Waals surface area contributed by atoms with Crippen LogP contribution in [0.2, 0.25) is 10.0 Å². The van der Waals surface area contributed by atoms with E-state index in [2.05, 4.69) is 10.5 Å². The highest BCUT2D eigenvalue weighted by Gasteiger charge is 2.05. The fraction of sp³-hybridized carbons (Fsp3) is 0.0714. The summed E-state index contributed by atoms with van der Waals surface area (Å²) < 4.78 is 0. The van der Waals surface area contributed by atoms with Crippen LogP contribution < -0.4 is 5.43 Å². The highest BCUT2D eigenvalue weighted by atomic mass is 35.5. The van der Waals surface area contributed by atoms with Crippen molar-refractivity contribution in [3.05, 3.63) is 51.5 Å².